The second kappa shape index (κ2) is 39.3. The van der Waals surface area contributed by atoms with Crippen LogP contribution in [0.1, 0.15) is 245 Å². The summed E-state index contributed by atoms with van der Waals surface area (Å²) in [5.74, 6) is -0.166. The van der Waals surface area contributed by atoms with Crippen molar-refractivity contribution in [3.05, 3.63) is 0 Å². The lowest BCUT2D eigenvalue weighted by atomic mass is 9.99. The molecule has 0 bridgehead atoms. The van der Waals surface area contributed by atoms with Crippen LogP contribution in [0.5, 0.6) is 0 Å². The molecule has 0 aromatic heterocycles. The fourth-order valence-electron chi connectivity index (χ4n) is 8.22. The molecule has 0 radical (unpaired) electrons. The summed E-state index contributed by atoms with van der Waals surface area (Å²) < 4.78 is 11.1. The Kier molecular flexibility index (Phi) is 37.4. The molecule has 1 saturated heterocycles. The summed E-state index contributed by atoms with van der Waals surface area (Å²) in [5, 5.41) is 53.8. The second-order valence-electron chi connectivity index (χ2n) is 17.6. The minimum absolute atomic E-state index is 0.136. The van der Waals surface area contributed by atoms with Gasteiger partial charge in [-0.05, 0) is 12.8 Å². The van der Waals surface area contributed by atoms with Crippen LogP contribution in [0.2, 0.25) is 0 Å². The van der Waals surface area contributed by atoms with Crippen LogP contribution in [0, 0.1) is 0 Å². The van der Waals surface area contributed by atoms with Crippen molar-refractivity contribution in [2.75, 3.05) is 13.2 Å². The molecule has 0 aromatic carbocycles. The van der Waals surface area contributed by atoms with Crippen LogP contribution in [0.3, 0.4) is 0 Å². The van der Waals surface area contributed by atoms with Crippen molar-refractivity contribution in [1.29, 1.82) is 0 Å². The molecule has 57 heavy (non-hydrogen) atoms. The Morgan fingerprint density at radius 1 is 0.526 bits per heavy atom. The number of carbonyl (C=O) groups is 1. The highest BCUT2D eigenvalue weighted by Crippen LogP contribution is 2.23. The fraction of sp³-hybridized carbons (Fsp3) is 0.979. The monoisotopic (exact) mass is 814 g/mol. The smallest absolute Gasteiger partial charge is 0.220 e. The van der Waals surface area contributed by atoms with Crippen molar-refractivity contribution < 1.29 is 39.8 Å². The third-order valence-electron chi connectivity index (χ3n) is 12.2. The fourth-order valence-corrected chi connectivity index (χ4v) is 8.22. The number of ether oxygens (including phenoxy) is 2. The molecule has 1 aliphatic rings. The highest BCUT2D eigenvalue weighted by Gasteiger charge is 2.44. The molecule has 1 fully saturated rings. The number of amides is 1. The summed E-state index contributed by atoms with van der Waals surface area (Å²) in [4.78, 5) is 12.6. The van der Waals surface area contributed by atoms with Gasteiger partial charge in [-0.3, -0.25) is 4.79 Å². The molecule has 0 aliphatic carbocycles. The molecule has 6 N–H and O–H groups in total. The Hall–Kier alpha value is -0.810. The molecule has 340 valence electrons. The average molecular weight is 814 g/mol. The number of aliphatic hydroxyl groups is 5. The van der Waals surface area contributed by atoms with Crippen LogP contribution in [0.15, 0.2) is 0 Å². The molecular formula is C48H95NO8. The van der Waals surface area contributed by atoms with E-state index in [1.807, 2.05) is 0 Å². The van der Waals surface area contributed by atoms with E-state index in [0.717, 1.165) is 38.5 Å². The first-order valence-electron chi connectivity index (χ1n) is 24.7. The zero-order valence-corrected chi connectivity index (χ0v) is 37.4. The quantitative estimate of drug-likeness (QED) is 0.0334. The molecule has 0 spiro atoms. The first-order chi connectivity index (χ1) is 27.8. The van der Waals surface area contributed by atoms with Gasteiger partial charge in [0.2, 0.25) is 5.91 Å². The highest BCUT2D eigenvalue weighted by molar-refractivity contribution is 5.76. The van der Waals surface area contributed by atoms with Crippen LogP contribution in [0.4, 0.5) is 0 Å². The first-order valence-corrected chi connectivity index (χ1v) is 24.7. The molecule has 0 saturated carbocycles. The van der Waals surface area contributed by atoms with Crippen molar-refractivity contribution in [2.45, 2.75) is 288 Å². The number of rotatable bonds is 42. The van der Waals surface area contributed by atoms with E-state index in [-0.39, 0.29) is 12.5 Å². The van der Waals surface area contributed by atoms with E-state index in [4.69, 9.17) is 9.47 Å². The highest BCUT2D eigenvalue weighted by atomic mass is 16.7. The maximum absolute atomic E-state index is 12.6. The Morgan fingerprint density at radius 3 is 1.25 bits per heavy atom. The van der Waals surface area contributed by atoms with Gasteiger partial charge in [-0.15, -0.1) is 0 Å². The van der Waals surface area contributed by atoms with Crippen LogP contribution in [-0.4, -0.2) is 87.5 Å². The summed E-state index contributed by atoms with van der Waals surface area (Å²) in [7, 11) is 0. The standard InChI is InChI=1S/C48H95NO8/c1-3-5-7-8-9-10-11-12-13-14-15-16-17-18-19-20-21-22-23-24-25-26-27-28-29-30-31-32-33-34-36-37-42(51)41(49-44(52)38-35-6-4-2)40-56-48-47(55)46(54)45(53)43(39-50)57-48/h41-43,45-48,50-51,53-55H,3-40H2,1-2H3,(H,49,52). The lowest BCUT2D eigenvalue weighted by Crippen LogP contribution is -2.60. The van der Waals surface area contributed by atoms with Gasteiger partial charge >= 0.3 is 0 Å². The predicted molar refractivity (Wildman–Crippen MR) is 235 cm³/mol. The number of carbonyl (C=O) groups excluding carboxylic acids is 1. The first kappa shape index (κ1) is 54.2. The maximum atomic E-state index is 12.6. The lowest BCUT2D eigenvalue weighted by molar-refractivity contribution is -0.302. The Labute approximate surface area is 351 Å². The van der Waals surface area contributed by atoms with E-state index in [0.29, 0.717) is 12.8 Å². The molecule has 1 amide bonds. The van der Waals surface area contributed by atoms with Crippen LogP contribution in [0.25, 0.3) is 0 Å². The molecule has 7 atom stereocenters. The lowest BCUT2D eigenvalue weighted by Gasteiger charge is -2.40. The Bertz CT molecular complexity index is 862. The zero-order chi connectivity index (χ0) is 41.6. The summed E-state index contributed by atoms with van der Waals surface area (Å²) in [6.07, 6.45) is 38.1. The van der Waals surface area contributed by atoms with E-state index in [2.05, 4.69) is 19.2 Å². The number of hydrogen-bond acceptors (Lipinski definition) is 8. The number of aliphatic hydroxyl groups excluding tert-OH is 5. The Balaban J connectivity index is 1.98. The summed E-state index contributed by atoms with van der Waals surface area (Å²) in [5.41, 5.74) is 0. The number of nitrogens with one attached hydrogen (secondary N) is 1. The van der Waals surface area contributed by atoms with Gasteiger partial charge in [-0.25, -0.2) is 0 Å². The molecular weight excluding hydrogens is 719 g/mol. The van der Waals surface area contributed by atoms with Gasteiger partial charge in [-0.2, -0.15) is 0 Å². The van der Waals surface area contributed by atoms with Gasteiger partial charge in [0.15, 0.2) is 6.29 Å². The van der Waals surface area contributed by atoms with E-state index in [9.17, 15) is 30.3 Å². The normalized spacial score (nSPS) is 20.9. The van der Waals surface area contributed by atoms with Crippen molar-refractivity contribution >= 4 is 5.91 Å². The molecule has 9 nitrogen and oxygen atoms in total. The van der Waals surface area contributed by atoms with Crippen LogP contribution < -0.4 is 5.32 Å². The minimum Gasteiger partial charge on any atom is -0.394 e. The largest absolute Gasteiger partial charge is 0.394 e. The number of unbranched alkanes of at least 4 members (excludes halogenated alkanes) is 32. The van der Waals surface area contributed by atoms with Gasteiger partial charge in [0.05, 0.1) is 25.4 Å². The summed E-state index contributed by atoms with van der Waals surface area (Å²) in [6, 6.07) is -0.708. The van der Waals surface area contributed by atoms with E-state index in [1.165, 1.54) is 180 Å². The van der Waals surface area contributed by atoms with Crippen LogP contribution >= 0.6 is 0 Å². The third kappa shape index (κ3) is 30.0. The topological polar surface area (TPSA) is 149 Å². The van der Waals surface area contributed by atoms with Gasteiger partial charge in [-0.1, -0.05) is 226 Å². The number of hydrogen-bond donors (Lipinski definition) is 6. The molecule has 7 unspecified atom stereocenters. The van der Waals surface area contributed by atoms with Gasteiger partial charge < -0.3 is 40.3 Å². The van der Waals surface area contributed by atoms with E-state index >= 15 is 0 Å². The second-order valence-corrected chi connectivity index (χ2v) is 17.6. The van der Waals surface area contributed by atoms with Crippen LogP contribution in [-0.2, 0) is 14.3 Å². The van der Waals surface area contributed by atoms with Crippen molar-refractivity contribution in [3.8, 4) is 0 Å². The van der Waals surface area contributed by atoms with Gasteiger partial charge in [0, 0.05) is 6.42 Å². The molecule has 0 aromatic rings. The van der Waals surface area contributed by atoms with Crippen molar-refractivity contribution in [1.82, 2.24) is 5.32 Å². The van der Waals surface area contributed by atoms with E-state index in [1.54, 1.807) is 0 Å². The van der Waals surface area contributed by atoms with Crippen molar-refractivity contribution in [2.24, 2.45) is 0 Å². The van der Waals surface area contributed by atoms with Crippen molar-refractivity contribution in [3.63, 3.8) is 0 Å². The zero-order valence-electron chi connectivity index (χ0n) is 37.4. The average Bonchev–Trinajstić information content (AvgIpc) is 3.21. The maximum Gasteiger partial charge on any atom is 0.220 e. The molecule has 1 aliphatic heterocycles. The summed E-state index contributed by atoms with van der Waals surface area (Å²) in [6.45, 7) is 3.68. The predicted octanol–water partition coefficient (Wildman–Crippen LogP) is 10.7. The SMILES string of the molecule is CCCCCCCCCCCCCCCCCCCCCCCCCCCCCCCCCC(O)C(COC1OC(CO)C(O)C(O)C1O)NC(=O)CCCCC. The third-order valence-corrected chi connectivity index (χ3v) is 12.2. The van der Waals surface area contributed by atoms with Gasteiger partial charge in [0.1, 0.15) is 24.4 Å². The van der Waals surface area contributed by atoms with E-state index < -0.39 is 49.5 Å². The van der Waals surface area contributed by atoms with Gasteiger partial charge in [0.25, 0.3) is 0 Å². The Morgan fingerprint density at radius 2 is 0.877 bits per heavy atom. The summed E-state index contributed by atoms with van der Waals surface area (Å²) >= 11 is 0. The molecule has 9 heteroatoms. The minimum atomic E-state index is -1.55. The molecule has 1 heterocycles. The molecule has 1 rings (SSSR count).